The summed E-state index contributed by atoms with van der Waals surface area (Å²) in [6.45, 7) is 6.65. The summed E-state index contributed by atoms with van der Waals surface area (Å²) in [6.07, 6.45) is 16.1. The summed E-state index contributed by atoms with van der Waals surface area (Å²) in [5.74, 6) is -0.325. The van der Waals surface area contributed by atoms with Crippen molar-refractivity contribution in [2.75, 3.05) is 6.61 Å². The van der Waals surface area contributed by atoms with Crippen molar-refractivity contribution in [2.24, 2.45) is 0 Å². The van der Waals surface area contributed by atoms with Gasteiger partial charge < -0.3 is 9.47 Å². The lowest BCUT2D eigenvalue weighted by atomic mass is 10.1. The summed E-state index contributed by atoms with van der Waals surface area (Å²) in [7, 11) is 0. The molecule has 0 aromatic heterocycles. The molecule has 0 saturated carbocycles. The number of carbonyl (C=O) groups excluding carboxylic acids is 2. The molecule has 0 N–H and O–H groups in total. The molecule has 4 heteroatoms. The second kappa shape index (κ2) is 19.7. The van der Waals surface area contributed by atoms with Crippen LogP contribution in [0.3, 0.4) is 0 Å². The summed E-state index contributed by atoms with van der Waals surface area (Å²) in [5.41, 5.74) is 0. The molecule has 27 heavy (non-hydrogen) atoms. The predicted molar refractivity (Wildman–Crippen MR) is 112 cm³/mol. The summed E-state index contributed by atoms with van der Waals surface area (Å²) in [6, 6.07) is 0. The van der Waals surface area contributed by atoms with Crippen LogP contribution in [0.1, 0.15) is 124 Å². The first-order valence-corrected chi connectivity index (χ1v) is 11.5. The Hall–Kier alpha value is -1.06. The quantitative estimate of drug-likeness (QED) is 0.183. The standard InChI is InChI=1S/C23H44O4/c1-4-7-9-11-13-15-18-22(24)26-20-21(17-6-3)27-23(25)19-16-14-12-10-8-5-2/h21H,4-20H2,1-3H3. The molecular formula is C23H44O4. The molecule has 0 fully saturated rings. The number of ether oxygens (including phenoxy) is 2. The lowest BCUT2D eigenvalue weighted by Gasteiger charge is -2.17. The molecular weight excluding hydrogens is 340 g/mol. The third-order valence-electron chi connectivity index (χ3n) is 4.81. The summed E-state index contributed by atoms with van der Waals surface area (Å²) in [5, 5.41) is 0. The Kier molecular flexibility index (Phi) is 18.9. The molecule has 0 amide bonds. The molecule has 4 nitrogen and oxygen atoms in total. The fourth-order valence-corrected chi connectivity index (χ4v) is 3.10. The molecule has 0 bridgehead atoms. The van der Waals surface area contributed by atoms with Crippen LogP contribution in [0.2, 0.25) is 0 Å². The molecule has 0 heterocycles. The van der Waals surface area contributed by atoms with E-state index in [1.165, 1.54) is 51.4 Å². The summed E-state index contributed by atoms with van der Waals surface area (Å²) < 4.78 is 10.9. The van der Waals surface area contributed by atoms with E-state index < -0.39 is 0 Å². The molecule has 0 aliphatic rings. The van der Waals surface area contributed by atoms with Crippen LogP contribution in [0.5, 0.6) is 0 Å². The van der Waals surface area contributed by atoms with Gasteiger partial charge in [0, 0.05) is 12.8 Å². The van der Waals surface area contributed by atoms with Crippen LogP contribution in [0.25, 0.3) is 0 Å². The van der Waals surface area contributed by atoms with Gasteiger partial charge in [-0.2, -0.15) is 0 Å². The zero-order valence-electron chi connectivity index (χ0n) is 18.2. The van der Waals surface area contributed by atoms with Crippen molar-refractivity contribution in [3.05, 3.63) is 0 Å². The molecule has 0 aromatic rings. The zero-order valence-corrected chi connectivity index (χ0v) is 18.2. The highest BCUT2D eigenvalue weighted by atomic mass is 16.6. The lowest BCUT2D eigenvalue weighted by molar-refractivity contribution is -0.159. The topological polar surface area (TPSA) is 52.6 Å². The van der Waals surface area contributed by atoms with Crippen molar-refractivity contribution in [3.8, 4) is 0 Å². The van der Waals surface area contributed by atoms with Crippen LogP contribution >= 0.6 is 0 Å². The van der Waals surface area contributed by atoms with Crippen LogP contribution in [0, 0.1) is 0 Å². The molecule has 0 saturated heterocycles. The summed E-state index contributed by atoms with van der Waals surface area (Å²) in [4.78, 5) is 23.9. The van der Waals surface area contributed by atoms with E-state index in [4.69, 9.17) is 9.47 Å². The van der Waals surface area contributed by atoms with Crippen molar-refractivity contribution in [1.29, 1.82) is 0 Å². The van der Waals surface area contributed by atoms with Crippen LogP contribution in [0.15, 0.2) is 0 Å². The molecule has 0 radical (unpaired) electrons. The van der Waals surface area contributed by atoms with Crippen molar-refractivity contribution in [1.82, 2.24) is 0 Å². The molecule has 1 atom stereocenters. The van der Waals surface area contributed by atoms with E-state index in [0.717, 1.165) is 38.5 Å². The fourth-order valence-electron chi connectivity index (χ4n) is 3.10. The average Bonchev–Trinajstić information content (AvgIpc) is 2.65. The highest BCUT2D eigenvalue weighted by molar-refractivity contribution is 5.70. The maximum atomic E-state index is 12.0. The van der Waals surface area contributed by atoms with Crippen LogP contribution in [-0.4, -0.2) is 24.6 Å². The van der Waals surface area contributed by atoms with Crippen LogP contribution in [-0.2, 0) is 19.1 Å². The predicted octanol–water partition coefficient (Wildman–Crippen LogP) is 6.74. The largest absolute Gasteiger partial charge is 0.462 e. The Morgan fingerprint density at radius 1 is 0.630 bits per heavy atom. The Labute approximate surface area is 167 Å². The molecule has 0 spiro atoms. The van der Waals surface area contributed by atoms with Gasteiger partial charge in [0.25, 0.3) is 0 Å². The Balaban J connectivity index is 3.84. The Morgan fingerprint density at radius 2 is 1.11 bits per heavy atom. The Morgan fingerprint density at radius 3 is 1.63 bits per heavy atom. The SMILES string of the molecule is CCCCCCCCC(=O)OCC(CCC)OC(=O)CCCCCCCC. The molecule has 1 unspecified atom stereocenters. The van der Waals surface area contributed by atoms with Crippen molar-refractivity contribution in [2.45, 2.75) is 130 Å². The van der Waals surface area contributed by atoms with Crippen LogP contribution < -0.4 is 0 Å². The smallest absolute Gasteiger partial charge is 0.306 e. The van der Waals surface area contributed by atoms with E-state index >= 15 is 0 Å². The van der Waals surface area contributed by atoms with E-state index in [-0.39, 0.29) is 24.6 Å². The fraction of sp³-hybridized carbons (Fsp3) is 0.913. The minimum Gasteiger partial charge on any atom is -0.462 e. The number of rotatable bonds is 19. The first-order chi connectivity index (χ1) is 13.1. The maximum absolute atomic E-state index is 12.0. The molecule has 0 aromatic carbocycles. The highest BCUT2D eigenvalue weighted by Gasteiger charge is 2.16. The monoisotopic (exact) mass is 384 g/mol. The second-order valence-electron chi connectivity index (χ2n) is 7.62. The number of esters is 2. The van der Waals surface area contributed by atoms with E-state index in [1.54, 1.807) is 0 Å². The van der Waals surface area contributed by atoms with Gasteiger partial charge in [-0.15, -0.1) is 0 Å². The number of hydrogen-bond donors (Lipinski definition) is 0. The minimum atomic E-state index is -0.295. The van der Waals surface area contributed by atoms with Gasteiger partial charge in [-0.3, -0.25) is 9.59 Å². The van der Waals surface area contributed by atoms with E-state index in [0.29, 0.717) is 12.8 Å². The molecule has 160 valence electrons. The third-order valence-corrected chi connectivity index (χ3v) is 4.81. The number of carbonyl (C=O) groups is 2. The van der Waals surface area contributed by atoms with Crippen LogP contribution in [0.4, 0.5) is 0 Å². The Bertz CT molecular complexity index is 354. The third kappa shape index (κ3) is 18.1. The minimum absolute atomic E-state index is 0.157. The maximum Gasteiger partial charge on any atom is 0.306 e. The zero-order chi connectivity index (χ0) is 20.2. The number of unbranched alkanes of at least 4 members (excludes halogenated alkanes) is 10. The summed E-state index contributed by atoms with van der Waals surface area (Å²) >= 11 is 0. The van der Waals surface area contributed by atoms with Gasteiger partial charge in [0.05, 0.1) is 0 Å². The van der Waals surface area contributed by atoms with E-state index in [1.807, 2.05) is 6.92 Å². The van der Waals surface area contributed by atoms with Gasteiger partial charge in [0.1, 0.15) is 12.7 Å². The average molecular weight is 385 g/mol. The van der Waals surface area contributed by atoms with Gasteiger partial charge in [-0.1, -0.05) is 91.4 Å². The van der Waals surface area contributed by atoms with Gasteiger partial charge in [-0.25, -0.2) is 0 Å². The molecule has 0 aliphatic heterocycles. The normalized spacial score (nSPS) is 12.0. The molecule has 0 rings (SSSR count). The second-order valence-corrected chi connectivity index (χ2v) is 7.62. The van der Waals surface area contributed by atoms with Crippen molar-refractivity contribution < 1.29 is 19.1 Å². The van der Waals surface area contributed by atoms with Crippen molar-refractivity contribution in [3.63, 3.8) is 0 Å². The van der Waals surface area contributed by atoms with E-state index in [2.05, 4.69) is 13.8 Å². The molecule has 0 aliphatic carbocycles. The van der Waals surface area contributed by atoms with Gasteiger partial charge >= 0.3 is 11.9 Å². The first kappa shape index (κ1) is 25.9. The highest BCUT2D eigenvalue weighted by Crippen LogP contribution is 2.11. The van der Waals surface area contributed by atoms with Gasteiger partial charge in [-0.05, 0) is 19.3 Å². The number of hydrogen-bond acceptors (Lipinski definition) is 4. The van der Waals surface area contributed by atoms with Crippen molar-refractivity contribution >= 4 is 11.9 Å². The van der Waals surface area contributed by atoms with Gasteiger partial charge in [0.15, 0.2) is 0 Å². The lowest BCUT2D eigenvalue weighted by Crippen LogP contribution is -2.25. The van der Waals surface area contributed by atoms with E-state index in [9.17, 15) is 9.59 Å². The van der Waals surface area contributed by atoms with Gasteiger partial charge in [0.2, 0.25) is 0 Å². The first-order valence-electron chi connectivity index (χ1n) is 11.5.